The SMILES string of the molecule is CCNC(=NCCOCC)NCCc1ccc(F)cc1F.I. The fourth-order valence-electron chi connectivity index (χ4n) is 1.75. The maximum absolute atomic E-state index is 13.5. The van der Waals surface area contributed by atoms with Crippen molar-refractivity contribution in [1.29, 1.82) is 0 Å². The zero-order valence-electron chi connectivity index (χ0n) is 13.0. The lowest BCUT2D eigenvalue weighted by Crippen LogP contribution is -2.38. The maximum Gasteiger partial charge on any atom is 0.191 e. The molecule has 0 fully saturated rings. The Labute approximate surface area is 147 Å². The molecule has 2 N–H and O–H groups in total. The van der Waals surface area contributed by atoms with Crippen molar-refractivity contribution in [3.63, 3.8) is 0 Å². The minimum Gasteiger partial charge on any atom is -0.380 e. The molecule has 0 aliphatic carbocycles. The van der Waals surface area contributed by atoms with Gasteiger partial charge in [-0.25, -0.2) is 8.78 Å². The Balaban J connectivity index is 0.00000441. The molecule has 22 heavy (non-hydrogen) atoms. The van der Waals surface area contributed by atoms with E-state index in [1.54, 1.807) is 0 Å². The molecular weight excluding hydrogens is 403 g/mol. The first-order chi connectivity index (χ1) is 10.2. The van der Waals surface area contributed by atoms with Crippen LogP contribution in [0.1, 0.15) is 19.4 Å². The van der Waals surface area contributed by atoms with Crippen LogP contribution in [-0.2, 0) is 11.2 Å². The third-order valence-corrected chi connectivity index (χ3v) is 2.76. The fourth-order valence-corrected chi connectivity index (χ4v) is 1.75. The van der Waals surface area contributed by atoms with E-state index in [1.165, 1.54) is 12.1 Å². The van der Waals surface area contributed by atoms with Crippen molar-refractivity contribution in [1.82, 2.24) is 10.6 Å². The van der Waals surface area contributed by atoms with E-state index in [2.05, 4.69) is 15.6 Å². The summed E-state index contributed by atoms with van der Waals surface area (Å²) in [6, 6.07) is 3.63. The Kier molecular flexibility index (Phi) is 12.0. The average Bonchev–Trinajstić information content (AvgIpc) is 2.45. The van der Waals surface area contributed by atoms with Crippen LogP contribution in [0.2, 0.25) is 0 Å². The van der Waals surface area contributed by atoms with Crippen molar-refractivity contribution >= 4 is 29.9 Å². The first kappa shape index (κ1) is 21.0. The van der Waals surface area contributed by atoms with Crippen molar-refractivity contribution in [2.75, 3.05) is 32.8 Å². The van der Waals surface area contributed by atoms with Gasteiger partial charge in [0.2, 0.25) is 0 Å². The number of hydrogen-bond acceptors (Lipinski definition) is 2. The van der Waals surface area contributed by atoms with Gasteiger partial charge in [-0.1, -0.05) is 6.07 Å². The number of aliphatic imine (C=N–C) groups is 1. The molecule has 0 amide bonds. The number of rotatable bonds is 8. The molecule has 0 spiro atoms. The number of halogens is 3. The predicted molar refractivity (Wildman–Crippen MR) is 96.0 cm³/mol. The van der Waals surface area contributed by atoms with Crippen molar-refractivity contribution < 1.29 is 13.5 Å². The van der Waals surface area contributed by atoms with Crippen molar-refractivity contribution in [2.45, 2.75) is 20.3 Å². The molecule has 0 saturated heterocycles. The van der Waals surface area contributed by atoms with Crippen LogP contribution < -0.4 is 10.6 Å². The third-order valence-electron chi connectivity index (χ3n) is 2.76. The average molecular weight is 427 g/mol. The molecule has 0 aliphatic heterocycles. The first-order valence-electron chi connectivity index (χ1n) is 7.21. The van der Waals surface area contributed by atoms with Crippen LogP contribution >= 0.6 is 24.0 Å². The Morgan fingerprint density at radius 3 is 2.64 bits per heavy atom. The molecule has 0 atom stereocenters. The van der Waals surface area contributed by atoms with Crippen LogP contribution in [0.3, 0.4) is 0 Å². The van der Waals surface area contributed by atoms with E-state index in [-0.39, 0.29) is 24.0 Å². The Morgan fingerprint density at radius 1 is 1.23 bits per heavy atom. The second kappa shape index (κ2) is 12.6. The van der Waals surface area contributed by atoms with Gasteiger partial charge in [-0.15, -0.1) is 24.0 Å². The van der Waals surface area contributed by atoms with Crippen LogP contribution in [0.15, 0.2) is 23.2 Å². The Morgan fingerprint density at radius 2 is 2.00 bits per heavy atom. The summed E-state index contributed by atoms with van der Waals surface area (Å²) in [6.45, 7) is 6.97. The smallest absolute Gasteiger partial charge is 0.191 e. The fraction of sp³-hybridized carbons (Fsp3) is 0.533. The van der Waals surface area contributed by atoms with Gasteiger partial charge in [0.25, 0.3) is 0 Å². The van der Waals surface area contributed by atoms with Gasteiger partial charge in [-0.05, 0) is 31.9 Å². The summed E-state index contributed by atoms with van der Waals surface area (Å²) in [5, 5.41) is 6.21. The number of nitrogens with zero attached hydrogens (tertiary/aromatic N) is 1. The molecule has 1 aromatic rings. The van der Waals surface area contributed by atoms with Crippen LogP contribution in [0.25, 0.3) is 0 Å². The summed E-state index contributed by atoms with van der Waals surface area (Å²) in [4.78, 5) is 4.33. The zero-order chi connectivity index (χ0) is 15.5. The molecule has 0 bridgehead atoms. The molecule has 0 radical (unpaired) electrons. The minimum absolute atomic E-state index is 0. The van der Waals surface area contributed by atoms with Crippen LogP contribution in [0.4, 0.5) is 8.78 Å². The van der Waals surface area contributed by atoms with Crippen molar-refractivity contribution in [3.8, 4) is 0 Å². The molecule has 0 saturated carbocycles. The molecule has 1 aromatic carbocycles. The summed E-state index contributed by atoms with van der Waals surface area (Å²) >= 11 is 0. The topological polar surface area (TPSA) is 45.7 Å². The molecule has 7 heteroatoms. The molecule has 126 valence electrons. The number of guanidine groups is 1. The number of benzene rings is 1. The van der Waals surface area contributed by atoms with E-state index >= 15 is 0 Å². The van der Waals surface area contributed by atoms with Gasteiger partial charge < -0.3 is 15.4 Å². The van der Waals surface area contributed by atoms with Crippen molar-refractivity contribution in [2.24, 2.45) is 4.99 Å². The predicted octanol–water partition coefficient (Wildman–Crippen LogP) is 2.72. The molecule has 1 rings (SSSR count). The summed E-state index contributed by atoms with van der Waals surface area (Å²) < 4.78 is 31.5. The van der Waals surface area contributed by atoms with Gasteiger partial charge in [0, 0.05) is 25.8 Å². The van der Waals surface area contributed by atoms with Gasteiger partial charge in [-0.3, -0.25) is 4.99 Å². The summed E-state index contributed by atoms with van der Waals surface area (Å²) in [5.41, 5.74) is 0.481. The van der Waals surface area contributed by atoms with Gasteiger partial charge in [0.05, 0.1) is 13.2 Å². The largest absolute Gasteiger partial charge is 0.380 e. The lowest BCUT2D eigenvalue weighted by Gasteiger charge is -2.11. The second-order valence-corrected chi connectivity index (χ2v) is 4.37. The highest BCUT2D eigenvalue weighted by atomic mass is 127. The molecule has 0 heterocycles. The lowest BCUT2D eigenvalue weighted by molar-refractivity contribution is 0.155. The Hall–Kier alpha value is -0.960. The first-order valence-corrected chi connectivity index (χ1v) is 7.21. The highest BCUT2D eigenvalue weighted by Gasteiger charge is 2.04. The van der Waals surface area contributed by atoms with E-state index in [1.807, 2.05) is 13.8 Å². The molecular formula is C15H24F2IN3O. The van der Waals surface area contributed by atoms with Gasteiger partial charge in [-0.2, -0.15) is 0 Å². The monoisotopic (exact) mass is 427 g/mol. The standard InChI is InChI=1S/C15H23F2N3O.HI/c1-3-18-15(20-9-10-21-4-2)19-8-7-12-5-6-13(16)11-14(12)17;/h5-6,11H,3-4,7-10H2,1-2H3,(H2,18,19,20);1H. The Bertz CT molecular complexity index is 458. The molecule has 4 nitrogen and oxygen atoms in total. The summed E-state index contributed by atoms with van der Waals surface area (Å²) in [5.74, 6) is -0.412. The number of ether oxygens (including phenoxy) is 1. The van der Waals surface area contributed by atoms with Gasteiger partial charge >= 0.3 is 0 Å². The molecule has 0 aromatic heterocycles. The second-order valence-electron chi connectivity index (χ2n) is 4.37. The van der Waals surface area contributed by atoms with E-state index < -0.39 is 11.6 Å². The summed E-state index contributed by atoms with van der Waals surface area (Å²) in [7, 11) is 0. The maximum atomic E-state index is 13.5. The van der Waals surface area contributed by atoms with Crippen LogP contribution in [0, 0.1) is 11.6 Å². The highest BCUT2D eigenvalue weighted by Crippen LogP contribution is 2.09. The lowest BCUT2D eigenvalue weighted by atomic mass is 10.1. The zero-order valence-corrected chi connectivity index (χ0v) is 15.3. The quantitative estimate of drug-likeness (QED) is 0.290. The van der Waals surface area contributed by atoms with Crippen LogP contribution in [0.5, 0.6) is 0 Å². The van der Waals surface area contributed by atoms with E-state index in [0.717, 1.165) is 12.6 Å². The minimum atomic E-state index is -0.560. The summed E-state index contributed by atoms with van der Waals surface area (Å²) in [6.07, 6.45) is 0.460. The van der Waals surface area contributed by atoms with E-state index in [0.29, 0.717) is 44.2 Å². The number of nitrogens with one attached hydrogen (secondary N) is 2. The van der Waals surface area contributed by atoms with E-state index in [4.69, 9.17) is 4.74 Å². The van der Waals surface area contributed by atoms with Gasteiger partial charge in [0.15, 0.2) is 5.96 Å². The van der Waals surface area contributed by atoms with Crippen molar-refractivity contribution in [3.05, 3.63) is 35.4 Å². The van der Waals surface area contributed by atoms with E-state index in [9.17, 15) is 8.78 Å². The normalized spacial score (nSPS) is 11.0. The highest BCUT2D eigenvalue weighted by molar-refractivity contribution is 14.0. The molecule has 0 aliphatic rings. The van der Waals surface area contributed by atoms with Crippen LogP contribution in [-0.4, -0.2) is 38.8 Å². The third kappa shape index (κ3) is 8.47. The number of hydrogen-bond donors (Lipinski definition) is 2. The molecule has 0 unspecified atom stereocenters. The van der Waals surface area contributed by atoms with Gasteiger partial charge in [0.1, 0.15) is 11.6 Å².